The van der Waals surface area contributed by atoms with Crippen molar-refractivity contribution in [2.24, 2.45) is 5.92 Å². The zero-order valence-electron chi connectivity index (χ0n) is 8.64. The van der Waals surface area contributed by atoms with Gasteiger partial charge in [-0.25, -0.2) is 9.48 Å². The van der Waals surface area contributed by atoms with Crippen molar-refractivity contribution in [2.75, 3.05) is 6.61 Å². The van der Waals surface area contributed by atoms with Crippen molar-refractivity contribution in [2.45, 2.75) is 31.7 Å². The topological polar surface area (TPSA) is 57.0 Å². The minimum atomic E-state index is -0.379. The summed E-state index contributed by atoms with van der Waals surface area (Å²) in [5.41, 5.74) is 0.518. The highest BCUT2D eigenvalue weighted by Crippen LogP contribution is 2.61. The van der Waals surface area contributed by atoms with Crippen LogP contribution in [0.5, 0.6) is 0 Å². The number of hydrogen-bond acceptors (Lipinski definition) is 4. The van der Waals surface area contributed by atoms with Crippen LogP contribution in [-0.4, -0.2) is 27.6 Å². The van der Waals surface area contributed by atoms with Crippen molar-refractivity contribution in [3.8, 4) is 0 Å². The molecule has 4 rings (SSSR count). The first-order valence-electron chi connectivity index (χ1n) is 5.33. The van der Waals surface area contributed by atoms with Gasteiger partial charge < -0.3 is 4.74 Å². The average Bonchev–Trinajstić information content (AvgIpc) is 2.48. The van der Waals surface area contributed by atoms with E-state index in [2.05, 4.69) is 10.3 Å². The lowest BCUT2D eigenvalue weighted by Crippen LogP contribution is -2.59. The van der Waals surface area contributed by atoms with Gasteiger partial charge in [-0.3, -0.25) is 0 Å². The van der Waals surface area contributed by atoms with Crippen LogP contribution in [0.4, 0.5) is 0 Å². The average molecular weight is 207 g/mol. The molecule has 3 aliphatic rings. The fourth-order valence-corrected chi connectivity index (χ4v) is 2.51. The molecule has 0 spiro atoms. The summed E-state index contributed by atoms with van der Waals surface area (Å²) >= 11 is 0. The molecule has 1 heterocycles. The molecule has 3 aliphatic carbocycles. The number of hydrogen-bond donors (Lipinski definition) is 0. The van der Waals surface area contributed by atoms with E-state index in [4.69, 9.17) is 4.74 Å². The lowest BCUT2D eigenvalue weighted by atomic mass is 9.50. The van der Waals surface area contributed by atoms with Crippen LogP contribution in [0.25, 0.3) is 0 Å². The molecular weight excluding hydrogens is 194 g/mol. The molecule has 0 atom stereocenters. The third-order valence-electron chi connectivity index (χ3n) is 3.47. The largest absolute Gasteiger partial charge is 0.461 e. The van der Waals surface area contributed by atoms with Gasteiger partial charge in [0.1, 0.15) is 0 Å². The van der Waals surface area contributed by atoms with E-state index in [9.17, 15) is 4.79 Å². The molecule has 15 heavy (non-hydrogen) atoms. The Morgan fingerprint density at radius 1 is 1.67 bits per heavy atom. The van der Waals surface area contributed by atoms with Gasteiger partial charge in [0.15, 0.2) is 5.69 Å². The number of nitrogens with zero attached hydrogens (tertiary/aromatic N) is 3. The van der Waals surface area contributed by atoms with E-state index in [-0.39, 0.29) is 11.5 Å². The second kappa shape index (κ2) is 2.81. The molecule has 0 unspecified atom stereocenters. The number of esters is 1. The van der Waals surface area contributed by atoms with Crippen molar-refractivity contribution in [3.05, 3.63) is 11.9 Å². The summed E-state index contributed by atoms with van der Waals surface area (Å²) in [6.07, 6.45) is 5.29. The van der Waals surface area contributed by atoms with E-state index in [1.54, 1.807) is 13.1 Å². The van der Waals surface area contributed by atoms with E-state index in [1.807, 2.05) is 4.68 Å². The summed E-state index contributed by atoms with van der Waals surface area (Å²) in [7, 11) is 0. The number of aromatic nitrogens is 3. The lowest BCUT2D eigenvalue weighted by molar-refractivity contribution is -0.0989. The molecule has 5 heteroatoms. The second-order valence-corrected chi connectivity index (χ2v) is 4.47. The predicted molar refractivity (Wildman–Crippen MR) is 51.3 cm³/mol. The Balaban J connectivity index is 1.78. The van der Waals surface area contributed by atoms with Gasteiger partial charge >= 0.3 is 5.97 Å². The maximum Gasteiger partial charge on any atom is 0.360 e. The van der Waals surface area contributed by atoms with Crippen molar-refractivity contribution < 1.29 is 9.53 Å². The van der Waals surface area contributed by atoms with Crippen molar-refractivity contribution in [1.29, 1.82) is 0 Å². The van der Waals surface area contributed by atoms with Crippen LogP contribution in [0, 0.1) is 5.92 Å². The minimum absolute atomic E-state index is 0.197. The highest BCUT2D eigenvalue weighted by molar-refractivity contribution is 5.86. The van der Waals surface area contributed by atoms with Gasteiger partial charge in [0.25, 0.3) is 0 Å². The van der Waals surface area contributed by atoms with Crippen molar-refractivity contribution in [1.82, 2.24) is 15.0 Å². The Morgan fingerprint density at radius 3 is 2.93 bits per heavy atom. The van der Waals surface area contributed by atoms with Crippen LogP contribution in [0.1, 0.15) is 36.7 Å². The number of carbonyl (C=O) groups excluding carboxylic acids is 1. The molecular formula is C10H13N3O2. The zero-order chi connectivity index (χ0) is 10.5. The van der Waals surface area contributed by atoms with Gasteiger partial charge in [0.2, 0.25) is 0 Å². The molecule has 3 fully saturated rings. The molecule has 0 amide bonds. The van der Waals surface area contributed by atoms with Crippen LogP contribution >= 0.6 is 0 Å². The Hall–Kier alpha value is -1.39. The highest BCUT2D eigenvalue weighted by Gasteiger charge is 2.58. The minimum Gasteiger partial charge on any atom is -0.461 e. The Kier molecular flexibility index (Phi) is 1.66. The summed E-state index contributed by atoms with van der Waals surface area (Å²) in [6.45, 7) is 2.16. The monoisotopic (exact) mass is 207 g/mol. The van der Waals surface area contributed by atoms with Gasteiger partial charge in [-0.2, -0.15) is 0 Å². The van der Waals surface area contributed by atoms with E-state index < -0.39 is 0 Å². The van der Waals surface area contributed by atoms with Gasteiger partial charge in [0, 0.05) is 0 Å². The molecule has 1 aromatic heterocycles. The number of rotatable bonds is 3. The summed E-state index contributed by atoms with van der Waals surface area (Å²) in [5.74, 6) is 0.510. The van der Waals surface area contributed by atoms with E-state index in [1.165, 1.54) is 19.3 Å². The molecule has 2 bridgehead atoms. The fraction of sp³-hybridized carbons (Fsp3) is 0.700. The molecule has 1 aromatic rings. The quantitative estimate of drug-likeness (QED) is 0.693. The van der Waals surface area contributed by atoms with Crippen molar-refractivity contribution >= 4 is 5.97 Å². The Bertz CT molecular complexity index is 396. The standard InChI is InChI=1S/C10H13N3O2/c1-2-15-9(14)8-6-13(12-11-8)10-3-7(4-10)5-10/h6-7H,2-5H2,1H3. The van der Waals surface area contributed by atoms with Crippen LogP contribution in [0.3, 0.4) is 0 Å². The van der Waals surface area contributed by atoms with Gasteiger partial charge in [0.05, 0.1) is 18.3 Å². The zero-order valence-corrected chi connectivity index (χ0v) is 8.64. The molecule has 0 aromatic carbocycles. The van der Waals surface area contributed by atoms with Crippen LogP contribution in [0.2, 0.25) is 0 Å². The van der Waals surface area contributed by atoms with Crippen LogP contribution < -0.4 is 0 Å². The molecule has 5 nitrogen and oxygen atoms in total. The highest BCUT2D eigenvalue weighted by atomic mass is 16.5. The van der Waals surface area contributed by atoms with Crippen molar-refractivity contribution in [3.63, 3.8) is 0 Å². The summed E-state index contributed by atoms with van der Waals surface area (Å²) in [6, 6.07) is 0. The first-order valence-corrected chi connectivity index (χ1v) is 5.33. The smallest absolute Gasteiger partial charge is 0.360 e. The molecule has 0 radical (unpaired) electrons. The first kappa shape index (κ1) is 8.88. The van der Waals surface area contributed by atoms with Gasteiger partial charge in [-0.15, -0.1) is 5.10 Å². The molecule has 0 aliphatic heterocycles. The Morgan fingerprint density at radius 2 is 2.40 bits per heavy atom. The fourth-order valence-electron chi connectivity index (χ4n) is 2.51. The maximum atomic E-state index is 11.4. The SMILES string of the molecule is CCOC(=O)c1cn(C23CC(C2)C3)nn1. The summed E-state index contributed by atoms with van der Waals surface area (Å²) in [5, 5.41) is 7.86. The van der Waals surface area contributed by atoms with Gasteiger partial charge in [-0.1, -0.05) is 5.21 Å². The Labute approximate surface area is 87.4 Å². The van der Waals surface area contributed by atoms with E-state index >= 15 is 0 Å². The lowest BCUT2D eigenvalue weighted by Gasteiger charge is -2.61. The molecule has 0 saturated heterocycles. The van der Waals surface area contributed by atoms with E-state index in [0.717, 1.165) is 5.92 Å². The van der Waals surface area contributed by atoms with Crippen LogP contribution in [0.15, 0.2) is 6.20 Å². The third kappa shape index (κ3) is 1.12. The summed E-state index contributed by atoms with van der Waals surface area (Å²) in [4.78, 5) is 11.4. The molecule has 80 valence electrons. The summed E-state index contributed by atoms with van der Waals surface area (Å²) < 4.78 is 6.71. The predicted octanol–water partition coefficient (Wildman–Crippen LogP) is 0.964. The molecule has 3 saturated carbocycles. The second-order valence-electron chi connectivity index (χ2n) is 4.47. The molecule has 0 N–H and O–H groups in total. The van der Waals surface area contributed by atoms with Crippen LogP contribution in [-0.2, 0) is 10.3 Å². The number of ether oxygens (including phenoxy) is 1. The first-order chi connectivity index (χ1) is 7.23. The van der Waals surface area contributed by atoms with Gasteiger partial charge in [-0.05, 0) is 32.1 Å². The normalized spacial score (nSPS) is 31.7. The third-order valence-corrected chi connectivity index (χ3v) is 3.47. The van der Waals surface area contributed by atoms with E-state index in [0.29, 0.717) is 12.3 Å². The maximum absolute atomic E-state index is 11.4. The number of carbonyl (C=O) groups is 1.